The van der Waals surface area contributed by atoms with E-state index in [9.17, 15) is 0 Å². The molecule has 94 valence electrons. The fourth-order valence-electron chi connectivity index (χ4n) is 2.65. The molecule has 0 amide bonds. The van der Waals surface area contributed by atoms with E-state index in [1.165, 1.54) is 49.2 Å². The lowest BCUT2D eigenvalue weighted by atomic mass is 9.74. The van der Waals surface area contributed by atoms with E-state index in [1.807, 2.05) is 11.8 Å². The number of halogens is 1. The van der Waals surface area contributed by atoms with Gasteiger partial charge in [-0.3, -0.25) is 0 Å². The third-order valence-electron chi connectivity index (χ3n) is 3.84. The number of rotatable bonds is 5. The zero-order valence-electron chi connectivity index (χ0n) is 10.3. The van der Waals surface area contributed by atoms with E-state index in [0.29, 0.717) is 5.41 Å². The minimum absolute atomic E-state index is 0.446. The Kier molecular flexibility index (Phi) is 5.24. The molecule has 0 nitrogen and oxygen atoms in total. The maximum absolute atomic E-state index is 6.21. The van der Waals surface area contributed by atoms with Crippen LogP contribution in [0.2, 0.25) is 0 Å². The monoisotopic (exact) mass is 268 g/mol. The summed E-state index contributed by atoms with van der Waals surface area (Å²) < 4.78 is 0. The van der Waals surface area contributed by atoms with Gasteiger partial charge in [0.05, 0.1) is 0 Å². The van der Waals surface area contributed by atoms with Crippen LogP contribution in [0.15, 0.2) is 35.2 Å². The van der Waals surface area contributed by atoms with E-state index in [2.05, 4.69) is 30.3 Å². The largest absolute Gasteiger partial charge is 0.126 e. The molecule has 0 aromatic heterocycles. The fraction of sp³-hybridized carbons (Fsp3) is 0.600. The first kappa shape index (κ1) is 13.3. The van der Waals surface area contributed by atoms with Gasteiger partial charge < -0.3 is 0 Å². The lowest BCUT2D eigenvalue weighted by Crippen LogP contribution is -2.26. The van der Waals surface area contributed by atoms with Crippen molar-refractivity contribution in [1.82, 2.24) is 0 Å². The Labute approximate surface area is 114 Å². The molecule has 0 N–H and O–H groups in total. The molecular formula is C15H21ClS. The average molecular weight is 269 g/mol. The van der Waals surface area contributed by atoms with E-state index < -0.39 is 0 Å². The van der Waals surface area contributed by atoms with Gasteiger partial charge in [-0.15, -0.1) is 23.4 Å². The summed E-state index contributed by atoms with van der Waals surface area (Å²) in [6.45, 7) is 0. The molecule has 0 spiro atoms. The van der Waals surface area contributed by atoms with Gasteiger partial charge in [0.25, 0.3) is 0 Å². The van der Waals surface area contributed by atoms with Crippen LogP contribution >= 0.6 is 23.4 Å². The van der Waals surface area contributed by atoms with Crippen LogP contribution in [-0.2, 0) is 0 Å². The smallest absolute Gasteiger partial charge is 0.0280 e. The van der Waals surface area contributed by atoms with E-state index in [1.54, 1.807) is 0 Å². The topological polar surface area (TPSA) is 0 Å². The molecule has 0 saturated heterocycles. The molecule has 0 atom stereocenters. The molecule has 2 heteroatoms. The van der Waals surface area contributed by atoms with Crippen LogP contribution < -0.4 is 0 Å². The lowest BCUT2D eigenvalue weighted by molar-refractivity contribution is 0.214. The summed E-state index contributed by atoms with van der Waals surface area (Å²) >= 11 is 8.18. The highest BCUT2D eigenvalue weighted by Crippen LogP contribution is 2.41. The molecule has 1 aromatic carbocycles. The maximum atomic E-state index is 6.21. The molecule has 1 saturated carbocycles. The Morgan fingerprint density at radius 3 is 2.41 bits per heavy atom. The molecule has 1 aliphatic carbocycles. The Morgan fingerprint density at radius 2 is 1.76 bits per heavy atom. The molecule has 1 fully saturated rings. The predicted octanol–water partition coefficient (Wildman–Crippen LogP) is 5.36. The summed E-state index contributed by atoms with van der Waals surface area (Å²) in [5.74, 6) is 2.05. The number of benzene rings is 1. The summed E-state index contributed by atoms with van der Waals surface area (Å²) in [5.41, 5.74) is 0.446. The first-order valence-corrected chi connectivity index (χ1v) is 8.11. The second kappa shape index (κ2) is 6.70. The van der Waals surface area contributed by atoms with Gasteiger partial charge in [0, 0.05) is 10.8 Å². The zero-order valence-corrected chi connectivity index (χ0v) is 11.9. The van der Waals surface area contributed by atoms with E-state index >= 15 is 0 Å². The van der Waals surface area contributed by atoms with E-state index in [4.69, 9.17) is 11.6 Å². The average Bonchev–Trinajstić information content (AvgIpc) is 2.41. The quantitative estimate of drug-likeness (QED) is 0.512. The third kappa shape index (κ3) is 3.93. The lowest BCUT2D eigenvalue weighted by Gasteiger charge is -2.35. The van der Waals surface area contributed by atoms with Gasteiger partial charge in [0.1, 0.15) is 0 Å². The summed E-state index contributed by atoms with van der Waals surface area (Å²) in [5, 5.41) is 0. The molecule has 0 radical (unpaired) electrons. The molecule has 2 rings (SSSR count). The normalized spacial score (nSPS) is 19.1. The van der Waals surface area contributed by atoms with Crippen molar-refractivity contribution in [2.45, 2.75) is 43.4 Å². The van der Waals surface area contributed by atoms with Gasteiger partial charge in [-0.05, 0) is 42.6 Å². The van der Waals surface area contributed by atoms with Gasteiger partial charge in [0.2, 0.25) is 0 Å². The highest BCUT2D eigenvalue weighted by atomic mass is 35.5. The van der Waals surface area contributed by atoms with Crippen LogP contribution in [0.5, 0.6) is 0 Å². The molecule has 0 unspecified atom stereocenters. The van der Waals surface area contributed by atoms with Crippen molar-refractivity contribution < 1.29 is 0 Å². The SMILES string of the molecule is ClCC1(CCSc2ccccc2)CCCCC1. The van der Waals surface area contributed by atoms with Crippen LogP contribution in [0.1, 0.15) is 38.5 Å². The molecule has 1 aliphatic rings. The molecule has 0 heterocycles. The second-order valence-corrected chi connectivity index (χ2v) is 6.54. The summed E-state index contributed by atoms with van der Waals surface area (Å²) in [7, 11) is 0. The van der Waals surface area contributed by atoms with E-state index in [0.717, 1.165) is 5.88 Å². The van der Waals surface area contributed by atoms with Crippen molar-refractivity contribution in [2.75, 3.05) is 11.6 Å². The predicted molar refractivity (Wildman–Crippen MR) is 78.0 cm³/mol. The van der Waals surface area contributed by atoms with Crippen molar-refractivity contribution in [3.63, 3.8) is 0 Å². The summed E-state index contributed by atoms with van der Waals surface area (Å²) in [6.07, 6.45) is 8.11. The fourth-order valence-corrected chi connectivity index (χ4v) is 4.18. The Hall–Kier alpha value is -0.140. The second-order valence-electron chi connectivity index (χ2n) is 5.11. The molecular weight excluding hydrogens is 248 g/mol. The Balaban J connectivity index is 1.80. The van der Waals surface area contributed by atoms with Crippen molar-refractivity contribution in [1.29, 1.82) is 0 Å². The maximum Gasteiger partial charge on any atom is 0.0280 e. The van der Waals surface area contributed by atoms with Gasteiger partial charge in [0.15, 0.2) is 0 Å². The van der Waals surface area contributed by atoms with Crippen molar-refractivity contribution in [2.24, 2.45) is 5.41 Å². The van der Waals surface area contributed by atoms with Crippen LogP contribution in [0, 0.1) is 5.41 Å². The highest BCUT2D eigenvalue weighted by molar-refractivity contribution is 7.99. The van der Waals surface area contributed by atoms with Gasteiger partial charge >= 0.3 is 0 Å². The number of hydrogen-bond donors (Lipinski definition) is 0. The number of thioether (sulfide) groups is 1. The minimum Gasteiger partial charge on any atom is -0.126 e. The highest BCUT2D eigenvalue weighted by Gasteiger charge is 2.30. The number of alkyl halides is 1. The molecule has 17 heavy (non-hydrogen) atoms. The van der Waals surface area contributed by atoms with Gasteiger partial charge in [-0.25, -0.2) is 0 Å². The van der Waals surface area contributed by atoms with Crippen molar-refractivity contribution in [3.05, 3.63) is 30.3 Å². The standard InChI is InChI=1S/C15H21ClS/c16-13-15(9-5-2-6-10-15)11-12-17-14-7-3-1-4-8-14/h1,3-4,7-8H,2,5-6,9-13H2. The summed E-state index contributed by atoms with van der Waals surface area (Å²) in [4.78, 5) is 1.38. The molecule has 0 aliphatic heterocycles. The van der Waals surface area contributed by atoms with Crippen LogP contribution in [0.4, 0.5) is 0 Å². The first-order chi connectivity index (χ1) is 8.35. The van der Waals surface area contributed by atoms with Crippen LogP contribution in [0.25, 0.3) is 0 Å². The third-order valence-corrected chi connectivity index (χ3v) is 5.42. The van der Waals surface area contributed by atoms with Gasteiger partial charge in [-0.1, -0.05) is 37.5 Å². The van der Waals surface area contributed by atoms with Crippen molar-refractivity contribution >= 4 is 23.4 Å². The van der Waals surface area contributed by atoms with Crippen LogP contribution in [0.3, 0.4) is 0 Å². The summed E-state index contributed by atoms with van der Waals surface area (Å²) in [6, 6.07) is 10.7. The minimum atomic E-state index is 0.446. The van der Waals surface area contributed by atoms with Gasteiger partial charge in [-0.2, -0.15) is 0 Å². The zero-order chi connectivity index (χ0) is 12.0. The first-order valence-electron chi connectivity index (χ1n) is 6.58. The van der Waals surface area contributed by atoms with E-state index in [-0.39, 0.29) is 0 Å². The Bertz CT molecular complexity index is 317. The Morgan fingerprint density at radius 1 is 1.06 bits per heavy atom. The van der Waals surface area contributed by atoms with Crippen molar-refractivity contribution in [3.8, 4) is 0 Å². The number of hydrogen-bond acceptors (Lipinski definition) is 1. The van der Waals surface area contributed by atoms with Crippen LogP contribution in [-0.4, -0.2) is 11.6 Å². The molecule has 0 bridgehead atoms. The molecule has 1 aromatic rings.